The molecule has 0 unspecified atom stereocenters. The molecule has 0 fully saturated rings. The average molecular weight is 264 g/mol. The third kappa shape index (κ3) is 3.65. The summed E-state index contributed by atoms with van der Waals surface area (Å²) in [4.78, 5) is 0. The predicted molar refractivity (Wildman–Crippen MR) is 80.8 cm³/mol. The molecular formula is C17H28O2. The molecule has 0 amide bonds. The van der Waals surface area contributed by atoms with Gasteiger partial charge in [-0.05, 0) is 30.7 Å². The summed E-state index contributed by atoms with van der Waals surface area (Å²) in [5.74, 6) is 0.0832. The van der Waals surface area contributed by atoms with E-state index in [1.165, 1.54) is 0 Å². The lowest BCUT2D eigenvalue weighted by atomic mass is 9.70. The number of rotatable bonds is 8. The fourth-order valence-electron chi connectivity index (χ4n) is 2.93. The minimum atomic E-state index is 0.00308. The van der Waals surface area contributed by atoms with Crippen LogP contribution < -0.4 is 0 Å². The van der Waals surface area contributed by atoms with Crippen molar-refractivity contribution in [3.05, 3.63) is 23.8 Å². The standard InChI is InChI=1S/C17H28O2/c1-4-7-12-17(6-3,13-8-5-2)14-10-9-11-15(18)16(14)19/h9-11,18-19H,4-8,12-13H2,1-3H3. The normalized spacial score (nSPS) is 11.7. The highest BCUT2D eigenvalue weighted by Crippen LogP contribution is 2.45. The van der Waals surface area contributed by atoms with E-state index in [0.717, 1.165) is 50.5 Å². The lowest BCUT2D eigenvalue weighted by molar-refractivity contribution is 0.309. The summed E-state index contributed by atoms with van der Waals surface area (Å²) in [6, 6.07) is 5.37. The molecule has 0 atom stereocenters. The average Bonchev–Trinajstić information content (AvgIpc) is 2.43. The molecule has 0 heterocycles. The third-order valence-corrected chi connectivity index (χ3v) is 4.28. The van der Waals surface area contributed by atoms with Crippen molar-refractivity contribution in [1.82, 2.24) is 0 Å². The Kier molecular flexibility index (Phi) is 6.20. The number of para-hydroxylation sites is 1. The zero-order valence-corrected chi connectivity index (χ0v) is 12.6. The quantitative estimate of drug-likeness (QED) is 0.639. The summed E-state index contributed by atoms with van der Waals surface area (Å²) in [5.41, 5.74) is 0.936. The van der Waals surface area contributed by atoms with Gasteiger partial charge in [0, 0.05) is 5.56 Å². The van der Waals surface area contributed by atoms with Crippen LogP contribution in [0.15, 0.2) is 18.2 Å². The Morgan fingerprint density at radius 3 is 2.00 bits per heavy atom. The number of phenols is 2. The summed E-state index contributed by atoms with van der Waals surface area (Å²) in [6.45, 7) is 6.58. The molecule has 2 nitrogen and oxygen atoms in total. The van der Waals surface area contributed by atoms with Crippen LogP contribution in [0.25, 0.3) is 0 Å². The third-order valence-electron chi connectivity index (χ3n) is 4.28. The van der Waals surface area contributed by atoms with E-state index in [4.69, 9.17) is 0 Å². The summed E-state index contributed by atoms with van der Waals surface area (Å²) in [7, 11) is 0. The van der Waals surface area contributed by atoms with E-state index in [2.05, 4.69) is 20.8 Å². The number of phenolic OH excluding ortho intramolecular Hbond substituents is 2. The zero-order chi connectivity index (χ0) is 14.3. The van der Waals surface area contributed by atoms with Gasteiger partial charge in [0.25, 0.3) is 0 Å². The highest BCUT2D eigenvalue weighted by Gasteiger charge is 2.32. The fourth-order valence-corrected chi connectivity index (χ4v) is 2.93. The summed E-state index contributed by atoms with van der Waals surface area (Å²) in [6.07, 6.45) is 7.80. The maximum atomic E-state index is 10.2. The van der Waals surface area contributed by atoms with Crippen LogP contribution in [0.5, 0.6) is 11.5 Å². The second kappa shape index (κ2) is 7.42. The molecule has 2 N–H and O–H groups in total. The Bertz CT molecular complexity index is 377. The van der Waals surface area contributed by atoms with Crippen LogP contribution >= 0.6 is 0 Å². The maximum absolute atomic E-state index is 10.2. The largest absolute Gasteiger partial charge is 0.504 e. The molecule has 0 aromatic heterocycles. The monoisotopic (exact) mass is 264 g/mol. The highest BCUT2D eigenvalue weighted by atomic mass is 16.3. The first kappa shape index (κ1) is 15.9. The van der Waals surface area contributed by atoms with Crippen molar-refractivity contribution >= 4 is 0 Å². The molecule has 1 aromatic carbocycles. The van der Waals surface area contributed by atoms with Gasteiger partial charge in [0.2, 0.25) is 0 Å². The molecule has 0 aliphatic heterocycles. The van der Waals surface area contributed by atoms with Crippen molar-refractivity contribution in [3.63, 3.8) is 0 Å². The van der Waals surface area contributed by atoms with Crippen LogP contribution in [0.4, 0.5) is 0 Å². The molecule has 0 saturated heterocycles. The topological polar surface area (TPSA) is 40.5 Å². The molecule has 108 valence electrons. The minimum Gasteiger partial charge on any atom is -0.504 e. The van der Waals surface area contributed by atoms with Gasteiger partial charge in [-0.1, -0.05) is 58.6 Å². The summed E-state index contributed by atoms with van der Waals surface area (Å²) >= 11 is 0. The van der Waals surface area contributed by atoms with Gasteiger partial charge in [-0.2, -0.15) is 0 Å². The van der Waals surface area contributed by atoms with Crippen LogP contribution in [-0.2, 0) is 5.41 Å². The van der Waals surface area contributed by atoms with Gasteiger partial charge in [0.1, 0.15) is 0 Å². The van der Waals surface area contributed by atoms with E-state index in [1.807, 2.05) is 12.1 Å². The molecule has 0 bridgehead atoms. The van der Waals surface area contributed by atoms with Gasteiger partial charge < -0.3 is 10.2 Å². The molecule has 19 heavy (non-hydrogen) atoms. The van der Waals surface area contributed by atoms with E-state index in [-0.39, 0.29) is 16.9 Å². The molecule has 1 aromatic rings. The predicted octanol–water partition coefficient (Wildman–Crippen LogP) is 5.13. The number of unbranched alkanes of at least 4 members (excludes halogenated alkanes) is 2. The Balaban J connectivity index is 3.15. The molecule has 0 spiro atoms. The highest BCUT2D eigenvalue weighted by molar-refractivity contribution is 5.48. The smallest absolute Gasteiger partial charge is 0.161 e. The first-order valence-electron chi connectivity index (χ1n) is 7.62. The Hall–Kier alpha value is -1.18. The van der Waals surface area contributed by atoms with Crippen LogP contribution in [0, 0.1) is 0 Å². The van der Waals surface area contributed by atoms with Crippen LogP contribution in [-0.4, -0.2) is 10.2 Å². The van der Waals surface area contributed by atoms with E-state index < -0.39 is 0 Å². The second-order valence-electron chi connectivity index (χ2n) is 5.51. The zero-order valence-electron chi connectivity index (χ0n) is 12.6. The van der Waals surface area contributed by atoms with E-state index >= 15 is 0 Å². The SMILES string of the molecule is CCCCC(CC)(CCCC)c1cccc(O)c1O. The van der Waals surface area contributed by atoms with Gasteiger partial charge in [-0.15, -0.1) is 0 Å². The molecule has 1 rings (SSSR count). The molecule has 2 heteroatoms. The van der Waals surface area contributed by atoms with Crippen molar-refractivity contribution in [1.29, 1.82) is 0 Å². The fraction of sp³-hybridized carbons (Fsp3) is 0.647. The summed E-state index contributed by atoms with van der Waals surface area (Å²) < 4.78 is 0. The van der Waals surface area contributed by atoms with Gasteiger partial charge in [0.15, 0.2) is 11.5 Å². The number of hydrogen-bond donors (Lipinski definition) is 2. The maximum Gasteiger partial charge on any atom is 0.161 e. The van der Waals surface area contributed by atoms with E-state index in [1.54, 1.807) is 6.07 Å². The van der Waals surface area contributed by atoms with Crippen molar-refractivity contribution in [2.75, 3.05) is 0 Å². The van der Waals surface area contributed by atoms with Gasteiger partial charge in [-0.3, -0.25) is 0 Å². The number of benzene rings is 1. The Morgan fingerprint density at radius 1 is 0.947 bits per heavy atom. The number of hydrogen-bond acceptors (Lipinski definition) is 2. The van der Waals surface area contributed by atoms with Gasteiger partial charge in [0.05, 0.1) is 0 Å². The minimum absolute atomic E-state index is 0.00308. The van der Waals surface area contributed by atoms with Gasteiger partial charge in [-0.25, -0.2) is 0 Å². The molecule has 0 radical (unpaired) electrons. The lowest BCUT2D eigenvalue weighted by Crippen LogP contribution is -2.25. The second-order valence-corrected chi connectivity index (χ2v) is 5.51. The Morgan fingerprint density at radius 2 is 1.53 bits per heavy atom. The van der Waals surface area contributed by atoms with Crippen molar-refractivity contribution < 1.29 is 10.2 Å². The Labute approximate surface area is 117 Å². The molecule has 0 aliphatic carbocycles. The van der Waals surface area contributed by atoms with Gasteiger partial charge >= 0.3 is 0 Å². The molecular weight excluding hydrogens is 236 g/mol. The van der Waals surface area contributed by atoms with Crippen molar-refractivity contribution in [3.8, 4) is 11.5 Å². The number of aromatic hydroxyl groups is 2. The van der Waals surface area contributed by atoms with Crippen LogP contribution in [0.2, 0.25) is 0 Å². The van der Waals surface area contributed by atoms with Crippen LogP contribution in [0.3, 0.4) is 0 Å². The first-order chi connectivity index (χ1) is 9.11. The molecule has 0 saturated carbocycles. The lowest BCUT2D eigenvalue weighted by Gasteiger charge is -2.34. The van der Waals surface area contributed by atoms with E-state index in [0.29, 0.717) is 0 Å². The molecule has 0 aliphatic rings. The van der Waals surface area contributed by atoms with Crippen LogP contribution in [0.1, 0.15) is 71.3 Å². The first-order valence-corrected chi connectivity index (χ1v) is 7.62. The summed E-state index contributed by atoms with van der Waals surface area (Å²) in [5, 5.41) is 20.0. The van der Waals surface area contributed by atoms with E-state index in [9.17, 15) is 10.2 Å². The van der Waals surface area contributed by atoms with Crippen molar-refractivity contribution in [2.45, 2.75) is 71.1 Å². The van der Waals surface area contributed by atoms with Crippen molar-refractivity contribution in [2.24, 2.45) is 0 Å².